The molecule has 0 aliphatic carbocycles. The Kier molecular flexibility index (Phi) is 3.85. The number of benzene rings is 1. The van der Waals surface area contributed by atoms with Crippen LogP contribution < -0.4 is 0 Å². The van der Waals surface area contributed by atoms with Crippen molar-refractivity contribution in [1.29, 1.82) is 0 Å². The molecule has 0 spiro atoms. The normalized spacial score (nSPS) is 13.9. The van der Waals surface area contributed by atoms with Crippen LogP contribution in [0.1, 0.15) is 36.5 Å². The summed E-state index contributed by atoms with van der Waals surface area (Å²) in [5.74, 6) is -0.228. The second-order valence-electron chi connectivity index (χ2n) is 4.58. The first-order valence-corrected chi connectivity index (χ1v) is 6.23. The van der Waals surface area contributed by atoms with Crippen molar-refractivity contribution >= 4 is 5.97 Å². The molecule has 0 radical (unpaired) electrons. The van der Waals surface area contributed by atoms with Crippen LogP contribution in [-0.2, 0) is 10.3 Å². The van der Waals surface area contributed by atoms with Gasteiger partial charge in [0, 0.05) is 12.7 Å². The van der Waals surface area contributed by atoms with Crippen molar-refractivity contribution < 1.29 is 19.1 Å². The predicted octanol–water partition coefficient (Wildman–Crippen LogP) is 2.71. The Bertz CT molecular complexity index is 600. The quantitative estimate of drug-likeness (QED) is 0.903. The van der Waals surface area contributed by atoms with Crippen LogP contribution in [0.25, 0.3) is 11.5 Å². The lowest BCUT2D eigenvalue weighted by atomic mass is 10.0. The molecule has 0 bridgehead atoms. The molecule has 1 aromatic carbocycles. The SMILES string of the molecule is CCC(C)(OC)c1nnc(-c2ccc(C(=O)O)cc2)o1. The highest BCUT2D eigenvalue weighted by molar-refractivity contribution is 5.88. The fourth-order valence-electron chi connectivity index (χ4n) is 1.69. The molecular formula is C14H16N2O4. The van der Waals surface area contributed by atoms with Crippen LogP contribution in [0.2, 0.25) is 0 Å². The third kappa shape index (κ3) is 2.55. The second kappa shape index (κ2) is 5.42. The molecule has 2 rings (SSSR count). The molecule has 1 unspecified atom stereocenters. The van der Waals surface area contributed by atoms with Crippen LogP contribution in [0.15, 0.2) is 28.7 Å². The first kappa shape index (κ1) is 14.2. The Hall–Kier alpha value is -2.21. The number of hydrogen-bond acceptors (Lipinski definition) is 5. The van der Waals surface area contributed by atoms with Crippen molar-refractivity contribution in [2.75, 3.05) is 7.11 Å². The van der Waals surface area contributed by atoms with Gasteiger partial charge >= 0.3 is 5.97 Å². The third-order valence-corrected chi connectivity index (χ3v) is 3.38. The monoisotopic (exact) mass is 276 g/mol. The molecule has 2 aromatic rings. The van der Waals surface area contributed by atoms with Gasteiger partial charge in [-0.05, 0) is 37.6 Å². The van der Waals surface area contributed by atoms with Crippen LogP contribution in [0.4, 0.5) is 0 Å². The Morgan fingerprint density at radius 3 is 2.50 bits per heavy atom. The number of aromatic nitrogens is 2. The smallest absolute Gasteiger partial charge is 0.335 e. The number of rotatable bonds is 5. The second-order valence-corrected chi connectivity index (χ2v) is 4.58. The lowest BCUT2D eigenvalue weighted by Crippen LogP contribution is -2.23. The molecule has 0 saturated heterocycles. The maximum Gasteiger partial charge on any atom is 0.335 e. The predicted molar refractivity (Wildman–Crippen MR) is 71.3 cm³/mol. The zero-order chi connectivity index (χ0) is 14.8. The Labute approximate surface area is 116 Å². The first-order valence-electron chi connectivity index (χ1n) is 6.23. The molecule has 0 aliphatic rings. The van der Waals surface area contributed by atoms with Crippen molar-refractivity contribution in [3.63, 3.8) is 0 Å². The number of hydrogen-bond donors (Lipinski definition) is 1. The molecule has 0 aliphatic heterocycles. The van der Waals surface area contributed by atoms with Crippen LogP contribution in [0.3, 0.4) is 0 Å². The minimum atomic E-state index is -0.972. The highest BCUT2D eigenvalue weighted by atomic mass is 16.5. The minimum Gasteiger partial charge on any atom is -0.478 e. The van der Waals surface area contributed by atoms with Gasteiger partial charge in [-0.25, -0.2) is 4.79 Å². The largest absolute Gasteiger partial charge is 0.478 e. The number of methoxy groups -OCH3 is 1. The molecule has 0 fully saturated rings. The van der Waals surface area contributed by atoms with E-state index in [-0.39, 0.29) is 5.56 Å². The number of aromatic carboxylic acids is 1. The van der Waals surface area contributed by atoms with Gasteiger partial charge in [-0.15, -0.1) is 10.2 Å². The van der Waals surface area contributed by atoms with E-state index < -0.39 is 11.6 Å². The van der Waals surface area contributed by atoms with Gasteiger partial charge in [0.05, 0.1) is 5.56 Å². The summed E-state index contributed by atoms with van der Waals surface area (Å²) in [6.45, 7) is 3.84. The van der Waals surface area contributed by atoms with E-state index in [0.29, 0.717) is 23.8 Å². The van der Waals surface area contributed by atoms with Crippen molar-refractivity contribution in [2.24, 2.45) is 0 Å². The van der Waals surface area contributed by atoms with Crippen molar-refractivity contribution in [2.45, 2.75) is 25.9 Å². The van der Waals surface area contributed by atoms with Crippen LogP contribution in [0.5, 0.6) is 0 Å². The summed E-state index contributed by atoms with van der Waals surface area (Å²) in [5, 5.41) is 16.8. The molecule has 1 N–H and O–H groups in total. The minimum absolute atomic E-state index is 0.212. The van der Waals surface area contributed by atoms with Gasteiger partial charge in [0.25, 0.3) is 0 Å². The fraction of sp³-hybridized carbons (Fsp3) is 0.357. The molecular weight excluding hydrogens is 260 g/mol. The summed E-state index contributed by atoms with van der Waals surface area (Å²) in [5.41, 5.74) is 0.263. The molecule has 6 nitrogen and oxygen atoms in total. The molecule has 6 heteroatoms. The summed E-state index contributed by atoms with van der Waals surface area (Å²) in [7, 11) is 1.59. The van der Waals surface area contributed by atoms with Crippen molar-refractivity contribution in [3.05, 3.63) is 35.7 Å². The van der Waals surface area contributed by atoms with Gasteiger partial charge in [-0.1, -0.05) is 6.92 Å². The maximum absolute atomic E-state index is 10.8. The number of nitrogens with zero attached hydrogens (tertiary/aromatic N) is 2. The summed E-state index contributed by atoms with van der Waals surface area (Å²) < 4.78 is 11.0. The molecule has 0 saturated carbocycles. The first-order chi connectivity index (χ1) is 9.50. The van der Waals surface area contributed by atoms with Gasteiger partial charge in [0.1, 0.15) is 5.60 Å². The summed E-state index contributed by atoms with van der Waals surface area (Å²) in [4.78, 5) is 10.8. The maximum atomic E-state index is 10.8. The number of carboxylic acid groups (broad SMARTS) is 1. The average molecular weight is 276 g/mol. The lowest BCUT2D eigenvalue weighted by molar-refractivity contribution is -0.0231. The van der Waals surface area contributed by atoms with Gasteiger partial charge < -0.3 is 14.3 Å². The highest BCUT2D eigenvalue weighted by Gasteiger charge is 2.30. The van der Waals surface area contributed by atoms with Crippen LogP contribution in [-0.4, -0.2) is 28.4 Å². The molecule has 1 heterocycles. The molecule has 0 amide bonds. The topological polar surface area (TPSA) is 85.5 Å². The summed E-state index contributed by atoms with van der Waals surface area (Å²) >= 11 is 0. The van der Waals surface area contributed by atoms with Crippen molar-refractivity contribution in [1.82, 2.24) is 10.2 Å². The summed E-state index contributed by atoms with van der Waals surface area (Å²) in [6, 6.07) is 6.27. The van der Waals surface area contributed by atoms with E-state index in [1.165, 1.54) is 12.1 Å². The van der Waals surface area contributed by atoms with Crippen LogP contribution in [0, 0.1) is 0 Å². The van der Waals surface area contributed by atoms with E-state index in [1.54, 1.807) is 19.2 Å². The third-order valence-electron chi connectivity index (χ3n) is 3.38. The molecule has 1 aromatic heterocycles. The van der Waals surface area contributed by atoms with Gasteiger partial charge in [-0.2, -0.15) is 0 Å². The molecule has 1 atom stereocenters. The lowest BCUT2D eigenvalue weighted by Gasteiger charge is -2.21. The Morgan fingerprint density at radius 1 is 1.35 bits per heavy atom. The van der Waals surface area contributed by atoms with E-state index in [0.717, 1.165) is 0 Å². The van der Waals surface area contributed by atoms with Crippen molar-refractivity contribution in [3.8, 4) is 11.5 Å². The van der Waals surface area contributed by atoms with E-state index in [1.807, 2.05) is 13.8 Å². The highest BCUT2D eigenvalue weighted by Crippen LogP contribution is 2.29. The van der Waals surface area contributed by atoms with Gasteiger partial charge in [-0.3, -0.25) is 0 Å². The van der Waals surface area contributed by atoms with E-state index in [9.17, 15) is 4.79 Å². The molecule has 106 valence electrons. The molecule has 20 heavy (non-hydrogen) atoms. The number of ether oxygens (including phenoxy) is 1. The zero-order valence-electron chi connectivity index (χ0n) is 11.6. The van der Waals surface area contributed by atoms with Gasteiger partial charge in [0.2, 0.25) is 11.8 Å². The van der Waals surface area contributed by atoms with E-state index in [2.05, 4.69) is 10.2 Å². The number of carbonyl (C=O) groups is 1. The zero-order valence-corrected chi connectivity index (χ0v) is 11.6. The summed E-state index contributed by atoms with van der Waals surface area (Å²) in [6.07, 6.45) is 0.698. The standard InChI is InChI=1S/C14H16N2O4/c1-4-14(2,19-3)13-16-15-11(20-13)9-5-7-10(8-6-9)12(17)18/h5-8H,4H2,1-3H3,(H,17,18). The fourth-order valence-corrected chi connectivity index (χ4v) is 1.69. The van der Waals surface area contributed by atoms with Gasteiger partial charge in [0.15, 0.2) is 0 Å². The van der Waals surface area contributed by atoms with E-state index in [4.69, 9.17) is 14.3 Å². The number of carboxylic acids is 1. The van der Waals surface area contributed by atoms with Crippen LogP contribution >= 0.6 is 0 Å². The Morgan fingerprint density at radius 2 is 2.00 bits per heavy atom. The Balaban J connectivity index is 2.31. The average Bonchev–Trinajstić information content (AvgIpc) is 2.97. The van der Waals surface area contributed by atoms with E-state index >= 15 is 0 Å².